The van der Waals surface area contributed by atoms with Gasteiger partial charge in [0.2, 0.25) is 0 Å². The molecule has 0 aromatic heterocycles. The van der Waals surface area contributed by atoms with Crippen molar-refractivity contribution in [2.45, 2.75) is 17.9 Å². The predicted molar refractivity (Wildman–Crippen MR) is 78.9 cm³/mol. The minimum Gasteiger partial charge on any atom is -0.437 e. The van der Waals surface area contributed by atoms with E-state index in [1.54, 1.807) is 21.1 Å². The Morgan fingerprint density at radius 3 is 1.54 bits per heavy atom. The molecule has 0 unspecified atom stereocenters. The van der Waals surface area contributed by atoms with E-state index in [1.165, 1.54) is 0 Å². The maximum atomic E-state index is 12.8. The highest BCUT2D eigenvalue weighted by Gasteiger charge is 2.68. The lowest BCUT2D eigenvalue weighted by molar-refractivity contribution is -0.870. The average Bonchev–Trinajstić information content (AvgIpc) is 2.32. The lowest BCUT2D eigenvalue weighted by atomic mass is 10.3. The summed E-state index contributed by atoms with van der Waals surface area (Å²) < 4.78 is 126. The molecule has 0 aliphatic rings. The Labute approximate surface area is 146 Å². The number of hydrogen-bond acceptors (Lipinski definition) is 5. The third-order valence-electron chi connectivity index (χ3n) is 2.55. The molecule has 0 aliphatic heterocycles. The summed E-state index contributed by atoms with van der Waals surface area (Å²) in [6, 6.07) is 0. The van der Waals surface area contributed by atoms with E-state index in [4.69, 9.17) is 0 Å². The highest BCUT2D eigenvalue weighted by atomic mass is 32.3. The molecule has 0 fully saturated rings. The third kappa shape index (κ3) is 5.57. The first-order valence-electron chi connectivity index (χ1n) is 6.55. The predicted octanol–water partition coefficient (Wildman–Crippen LogP) is 1.40. The van der Waals surface area contributed by atoms with E-state index in [1.807, 2.05) is 0 Å². The van der Waals surface area contributed by atoms with Gasteiger partial charge in [-0.15, -0.1) is 0 Å². The zero-order chi connectivity index (χ0) is 21.4. The number of nitrogens with zero attached hydrogens (tertiary/aromatic N) is 2. The molecule has 0 amide bonds. The van der Waals surface area contributed by atoms with Crippen LogP contribution in [0.3, 0.4) is 0 Å². The Balaban J connectivity index is 6.78. The second kappa shape index (κ2) is 7.34. The van der Waals surface area contributed by atoms with Crippen molar-refractivity contribution in [3.63, 3.8) is 0 Å². The highest BCUT2D eigenvalue weighted by Crippen LogP contribution is 2.33. The van der Waals surface area contributed by atoms with Crippen molar-refractivity contribution in [3.05, 3.63) is 12.2 Å². The smallest absolute Gasteiger partial charge is 0.437 e. The van der Waals surface area contributed by atoms with E-state index in [0.717, 1.165) is 6.92 Å². The topological polar surface area (TPSA) is 80.5 Å². The SMILES string of the molecule is C=C(C)C(OCC[N+](C)(C)C)=[N+](S(=O)(=O)C(F)(F)F)S(=O)(=O)C(F)(F)F. The molecule has 26 heavy (non-hydrogen) atoms. The summed E-state index contributed by atoms with van der Waals surface area (Å²) in [6.07, 6.45) is 0. The molecule has 7 nitrogen and oxygen atoms in total. The Morgan fingerprint density at radius 2 is 1.31 bits per heavy atom. The third-order valence-corrected chi connectivity index (χ3v) is 6.11. The van der Waals surface area contributed by atoms with Crippen molar-refractivity contribution < 1.29 is 55.8 Å². The van der Waals surface area contributed by atoms with Gasteiger partial charge in [0.15, 0.2) is 0 Å². The molecule has 154 valence electrons. The normalized spacial score (nSPS) is 14.1. The van der Waals surface area contributed by atoms with E-state index in [-0.39, 0.29) is 11.0 Å². The zero-order valence-corrected chi connectivity index (χ0v) is 15.8. The van der Waals surface area contributed by atoms with Gasteiger partial charge in [0.05, 0.1) is 30.1 Å². The van der Waals surface area contributed by atoms with Crippen molar-refractivity contribution in [1.29, 1.82) is 0 Å². The average molecular weight is 436 g/mol. The van der Waals surface area contributed by atoms with E-state index in [9.17, 15) is 43.2 Å². The summed E-state index contributed by atoms with van der Waals surface area (Å²) in [5.41, 5.74) is -13.4. The lowest BCUT2D eigenvalue weighted by Gasteiger charge is -2.23. The van der Waals surface area contributed by atoms with Gasteiger partial charge in [0.25, 0.3) is 0 Å². The first-order valence-corrected chi connectivity index (χ1v) is 9.43. The van der Waals surface area contributed by atoms with Gasteiger partial charge in [-0.1, -0.05) is 6.58 Å². The number of sulfonamides is 2. The first-order chi connectivity index (χ1) is 11.2. The largest absolute Gasteiger partial charge is 0.561 e. The molecule has 0 rings (SSSR count). The molecule has 0 aliphatic carbocycles. The summed E-state index contributed by atoms with van der Waals surface area (Å²) in [6.45, 7) is 3.23. The Hall–Kier alpha value is -1.35. The summed E-state index contributed by atoms with van der Waals surface area (Å²) in [4.78, 5) is 0. The Kier molecular flexibility index (Phi) is 6.96. The standard InChI is InChI=1S/C11H18F6N2O5S2/c1-8(2)9(24-7-6-19(3,4)5)18(25(20,21)10(12,13)14)26(22,23)11(15,16)17/h1,6-7H2,2-5H3/q+2. The number of quaternary nitrogens is 1. The summed E-state index contributed by atoms with van der Waals surface area (Å²) in [5.74, 6) is -1.69. The van der Waals surface area contributed by atoms with Crippen LogP contribution in [0.1, 0.15) is 6.92 Å². The van der Waals surface area contributed by atoms with Crippen LogP contribution < -0.4 is 0 Å². The molecule has 0 N–H and O–H groups in total. The minimum atomic E-state index is -6.99. The van der Waals surface area contributed by atoms with Crippen LogP contribution in [0.15, 0.2) is 12.2 Å². The Bertz CT molecular complexity index is 742. The molecule has 0 atom stereocenters. The van der Waals surface area contributed by atoms with Crippen LogP contribution in [0.2, 0.25) is 0 Å². The van der Waals surface area contributed by atoms with Gasteiger partial charge in [0, 0.05) is 0 Å². The fourth-order valence-electron chi connectivity index (χ4n) is 1.28. The fourth-order valence-corrected chi connectivity index (χ4v) is 4.05. The molecule has 0 heterocycles. The van der Waals surface area contributed by atoms with E-state index < -0.39 is 52.5 Å². The number of ether oxygens (including phenoxy) is 1. The maximum Gasteiger partial charge on any atom is 0.561 e. The zero-order valence-electron chi connectivity index (χ0n) is 14.1. The first kappa shape index (κ1) is 24.7. The molecule has 0 saturated heterocycles. The van der Waals surface area contributed by atoms with Crippen LogP contribution in [0.4, 0.5) is 26.3 Å². The number of likely N-dealkylation sites (N-methyl/N-ethyl adjacent to an activating group) is 1. The van der Waals surface area contributed by atoms with Crippen LogP contribution in [0.5, 0.6) is 0 Å². The van der Waals surface area contributed by atoms with Crippen LogP contribution in [0.25, 0.3) is 0 Å². The van der Waals surface area contributed by atoms with Gasteiger partial charge >= 0.3 is 37.0 Å². The van der Waals surface area contributed by atoms with Crippen molar-refractivity contribution in [2.24, 2.45) is 0 Å². The number of hydrogen-bond donors (Lipinski definition) is 0. The molecule has 15 heteroatoms. The van der Waals surface area contributed by atoms with Crippen molar-refractivity contribution in [3.8, 4) is 0 Å². The molecule has 0 saturated carbocycles. The van der Waals surface area contributed by atoms with Crippen LogP contribution in [0, 0.1) is 0 Å². The summed E-state index contributed by atoms with van der Waals surface area (Å²) in [5, 5.41) is 0. The number of rotatable bonds is 6. The molecule has 0 aromatic carbocycles. The van der Waals surface area contributed by atoms with Crippen LogP contribution in [-0.4, -0.2) is 75.9 Å². The molecular weight excluding hydrogens is 418 g/mol. The van der Waals surface area contributed by atoms with Gasteiger partial charge in [-0.2, -0.15) is 43.2 Å². The monoisotopic (exact) mass is 436 g/mol. The van der Waals surface area contributed by atoms with E-state index in [2.05, 4.69) is 11.3 Å². The van der Waals surface area contributed by atoms with E-state index in [0.29, 0.717) is 0 Å². The van der Waals surface area contributed by atoms with Crippen molar-refractivity contribution >= 4 is 25.9 Å². The fraction of sp³-hybridized carbons (Fsp3) is 0.727. The van der Waals surface area contributed by atoms with Crippen LogP contribution >= 0.6 is 0 Å². The quantitative estimate of drug-likeness (QED) is 0.207. The Morgan fingerprint density at radius 1 is 0.962 bits per heavy atom. The van der Waals surface area contributed by atoms with Crippen molar-refractivity contribution in [2.75, 3.05) is 34.3 Å². The minimum absolute atomic E-state index is 0.00273. The van der Waals surface area contributed by atoms with Gasteiger partial charge in [0.1, 0.15) is 13.2 Å². The number of halogens is 6. The van der Waals surface area contributed by atoms with Crippen LogP contribution in [-0.2, 0) is 24.8 Å². The van der Waals surface area contributed by atoms with Crippen molar-refractivity contribution in [1.82, 2.24) is 0 Å². The summed E-state index contributed by atoms with van der Waals surface area (Å²) in [7, 11) is -9.19. The molecule has 0 radical (unpaired) electrons. The molecule has 0 aromatic rings. The molecule has 0 spiro atoms. The number of alkyl halides is 6. The highest BCUT2D eigenvalue weighted by molar-refractivity contribution is 7.98. The van der Waals surface area contributed by atoms with Gasteiger partial charge < -0.3 is 9.22 Å². The second-order valence-electron chi connectivity index (χ2n) is 6.05. The lowest BCUT2D eigenvalue weighted by Crippen LogP contribution is -2.47. The summed E-state index contributed by atoms with van der Waals surface area (Å²) >= 11 is 0. The van der Waals surface area contributed by atoms with E-state index >= 15 is 0 Å². The maximum absolute atomic E-state index is 12.8. The van der Waals surface area contributed by atoms with Gasteiger partial charge in [-0.3, -0.25) is 0 Å². The molecule has 0 bridgehead atoms. The molecular formula is C11H18F6N2O5S2+2. The van der Waals surface area contributed by atoms with Gasteiger partial charge in [-0.25, -0.2) is 0 Å². The second-order valence-corrected chi connectivity index (χ2v) is 9.83. The van der Waals surface area contributed by atoms with Gasteiger partial charge in [-0.05, 0) is 6.92 Å².